The van der Waals surface area contributed by atoms with Crippen LogP contribution in [0.15, 0.2) is 40.8 Å². The van der Waals surface area contributed by atoms with Crippen LogP contribution in [0.3, 0.4) is 0 Å². The molecule has 4 nitrogen and oxygen atoms in total. The molecule has 2 rings (SSSR count). The molecule has 0 fully saturated rings. The normalized spacial score (nSPS) is 10.6. The number of nitrogens with zero attached hydrogens (tertiary/aromatic N) is 1. The van der Waals surface area contributed by atoms with Gasteiger partial charge in [0.25, 0.3) is 5.91 Å². The molecule has 0 aliphatic carbocycles. The number of ether oxygens (including phenoxy) is 1. The molecule has 1 aromatic carbocycles. The molecule has 0 saturated carbocycles. The first-order valence-electron chi connectivity index (χ1n) is 6.49. The van der Waals surface area contributed by atoms with Crippen molar-refractivity contribution in [3.63, 3.8) is 0 Å². The number of hydrogen-bond acceptors (Lipinski definition) is 3. The second kappa shape index (κ2) is 6.39. The Balaban J connectivity index is 2.02. The molecule has 20 heavy (non-hydrogen) atoms. The summed E-state index contributed by atoms with van der Waals surface area (Å²) in [5.74, 6) is 1.61. The van der Waals surface area contributed by atoms with Gasteiger partial charge in [-0.25, -0.2) is 0 Å². The van der Waals surface area contributed by atoms with Gasteiger partial charge in [-0.15, -0.1) is 0 Å². The summed E-state index contributed by atoms with van der Waals surface area (Å²) >= 11 is 0. The molecule has 0 aliphatic rings. The van der Waals surface area contributed by atoms with E-state index < -0.39 is 0 Å². The highest BCUT2D eigenvalue weighted by Gasteiger charge is 2.13. The predicted molar refractivity (Wildman–Crippen MR) is 76.4 cm³/mol. The number of methoxy groups -OCH3 is 1. The van der Waals surface area contributed by atoms with Crippen LogP contribution < -0.4 is 0 Å². The monoisotopic (exact) mass is 273 g/mol. The molecule has 0 saturated heterocycles. The summed E-state index contributed by atoms with van der Waals surface area (Å²) in [7, 11) is 3.42. The number of amides is 1. The zero-order chi connectivity index (χ0) is 14.5. The molecule has 0 radical (unpaired) electrons. The lowest BCUT2D eigenvalue weighted by atomic mass is 10.1. The van der Waals surface area contributed by atoms with Crippen molar-refractivity contribution in [1.29, 1.82) is 0 Å². The number of carbonyl (C=O) groups excluding carboxylic acids is 1. The number of benzene rings is 1. The molecule has 4 heteroatoms. The molecule has 0 bridgehead atoms. The van der Waals surface area contributed by atoms with Crippen molar-refractivity contribution < 1.29 is 13.9 Å². The maximum absolute atomic E-state index is 12.3. The second-order valence-electron chi connectivity index (χ2n) is 4.80. The van der Waals surface area contributed by atoms with Gasteiger partial charge in [-0.3, -0.25) is 4.79 Å². The van der Waals surface area contributed by atoms with Crippen LogP contribution in [0.5, 0.6) is 0 Å². The first kappa shape index (κ1) is 14.3. The second-order valence-corrected chi connectivity index (χ2v) is 4.80. The Labute approximate surface area is 119 Å². The van der Waals surface area contributed by atoms with Crippen molar-refractivity contribution in [3.8, 4) is 0 Å². The quantitative estimate of drug-likeness (QED) is 0.841. The third-order valence-corrected chi connectivity index (χ3v) is 3.05. The van der Waals surface area contributed by atoms with Gasteiger partial charge >= 0.3 is 0 Å². The number of furan rings is 1. The van der Waals surface area contributed by atoms with Crippen LogP contribution in [-0.4, -0.2) is 25.0 Å². The van der Waals surface area contributed by atoms with Crippen LogP contribution in [0.4, 0.5) is 0 Å². The van der Waals surface area contributed by atoms with E-state index in [4.69, 9.17) is 9.15 Å². The molecule has 0 unspecified atom stereocenters. The fraction of sp³-hybridized carbons (Fsp3) is 0.312. The van der Waals surface area contributed by atoms with E-state index in [1.165, 1.54) is 0 Å². The van der Waals surface area contributed by atoms with E-state index in [9.17, 15) is 4.79 Å². The van der Waals surface area contributed by atoms with Crippen molar-refractivity contribution >= 4 is 5.91 Å². The molecule has 1 aromatic heterocycles. The van der Waals surface area contributed by atoms with Crippen molar-refractivity contribution in [2.75, 3.05) is 14.2 Å². The Hall–Kier alpha value is -2.07. The fourth-order valence-electron chi connectivity index (χ4n) is 2.01. The van der Waals surface area contributed by atoms with Crippen molar-refractivity contribution in [2.45, 2.75) is 20.1 Å². The highest BCUT2D eigenvalue weighted by molar-refractivity contribution is 5.94. The Bertz CT molecular complexity index is 572. The van der Waals surface area contributed by atoms with Crippen molar-refractivity contribution in [3.05, 3.63) is 59.0 Å². The number of rotatable bonds is 5. The minimum atomic E-state index is -0.0250. The fourth-order valence-corrected chi connectivity index (χ4v) is 2.01. The predicted octanol–water partition coefficient (Wildman–Crippen LogP) is 3.01. The third-order valence-electron chi connectivity index (χ3n) is 3.05. The summed E-state index contributed by atoms with van der Waals surface area (Å²) in [6, 6.07) is 11.2. The maximum Gasteiger partial charge on any atom is 0.254 e. The Morgan fingerprint density at radius 3 is 2.45 bits per heavy atom. The number of carbonyl (C=O) groups is 1. The molecule has 0 atom stereocenters. The lowest BCUT2D eigenvalue weighted by Gasteiger charge is -2.16. The van der Waals surface area contributed by atoms with E-state index in [1.807, 2.05) is 43.3 Å². The van der Waals surface area contributed by atoms with Crippen LogP contribution in [0.25, 0.3) is 0 Å². The molecule has 0 aliphatic heterocycles. The van der Waals surface area contributed by atoms with Crippen LogP contribution in [0.2, 0.25) is 0 Å². The number of aryl methyl sites for hydroxylation is 1. The molecular formula is C16H19NO3. The summed E-state index contributed by atoms with van der Waals surface area (Å²) < 4.78 is 10.5. The Morgan fingerprint density at radius 2 is 1.90 bits per heavy atom. The van der Waals surface area contributed by atoms with Gasteiger partial charge in [0, 0.05) is 19.7 Å². The van der Waals surface area contributed by atoms with E-state index in [0.717, 1.165) is 17.1 Å². The van der Waals surface area contributed by atoms with Gasteiger partial charge < -0.3 is 14.1 Å². The summed E-state index contributed by atoms with van der Waals surface area (Å²) in [6.07, 6.45) is 0. The molecule has 1 heterocycles. The SMILES string of the molecule is COCc1ccc(C(=O)N(C)Cc2ccc(C)o2)cc1. The van der Waals surface area contributed by atoms with E-state index in [2.05, 4.69) is 0 Å². The Morgan fingerprint density at radius 1 is 1.20 bits per heavy atom. The first-order valence-corrected chi connectivity index (χ1v) is 6.49. The van der Waals surface area contributed by atoms with Gasteiger partial charge in [-0.1, -0.05) is 12.1 Å². The van der Waals surface area contributed by atoms with Crippen LogP contribution in [0.1, 0.15) is 27.4 Å². The van der Waals surface area contributed by atoms with E-state index in [0.29, 0.717) is 18.7 Å². The molecule has 2 aromatic rings. The minimum absolute atomic E-state index is 0.0250. The van der Waals surface area contributed by atoms with E-state index in [-0.39, 0.29) is 5.91 Å². The Kier molecular flexibility index (Phi) is 4.58. The molecular weight excluding hydrogens is 254 g/mol. The van der Waals surface area contributed by atoms with E-state index >= 15 is 0 Å². The summed E-state index contributed by atoms with van der Waals surface area (Å²) in [5, 5.41) is 0. The van der Waals surface area contributed by atoms with Gasteiger partial charge in [0.05, 0.1) is 13.2 Å². The van der Waals surface area contributed by atoms with Gasteiger partial charge in [0.1, 0.15) is 11.5 Å². The lowest BCUT2D eigenvalue weighted by Crippen LogP contribution is -2.25. The first-order chi connectivity index (χ1) is 9.60. The standard InChI is InChI=1S/C16H19NO3/c1-12-4-9-15(20-12)10-17(2)16(18)14-7-5-13(6-8-14)11-19-3/h4-9H,10-11H2,1-3H3. The summed E-state index contributed by atoms with van der Waals surface area (Å²) in [5.41, 5.74) is 1.71. The zero-order valence-corrected chi connectivity index (χ0v) is 12.1. The topological polar surface area (TPSA) is 42.7 Å². The van der Waals surface area contributed by atoms with Gasteiger partial charge in [0.2, 0.25) is 0 Å². The maximum atomic E-state index is 12.3. The molecule has 106 valence electrons. The van der Waals surface area contributed by atoms with Gasteiger partial charge in [-0.05, 0) is 36.8 Å². The molecule has 1 amide bonds. The zero-order valence-electron chi connectivity index (χ0n) is 12.1. The molecule has 0 N–H and O–H groups in total. The highest BCUT2D eigenvalue weighted by atomic mass is 16.5. The lowest BCUT2D eigenvalue weighted by molar-refractivity contribution is 0.0775. The average molecular weight is 273 g/mol. The van der Waals surface area contributed by atoms with Crippen molar-refractivity contribution in [1.82, 2.24) is 4.90 Å². The van der Waals surface area contributed by atoms with Crippen LogP contribution >= 0.6 is 0 Å². The minimum Gasteiger partial charge on any atom is -0.464 e. The smallest absolute Gasteiger partial charge is 0.254 e. The third kappa shape index (κ3) is 3.48. The van der Waals surface area contributed by atoms with E-state index in [1.54, 1.807) is 19.1 Å². The number of hydrogen-bond donors (Lipinski definition) is 0. The molecule has 0 spiro atoms. The summed E-state index contributed by atoms with van der Waals surface area (Å²) in [6.45, 7) is 2.91. The van der Waals surface area contributed by atoms with Crippen LogP contribution in [0, 0.1) is 6.92 Å². The van der Waals surface area contributed by atoms with Gasteiger partial charge in [0.15, 0.2) is 0 Å². The highest BCUT2D eigenvalue weighted by Crippen LogP contribution is 2.12. The van der Waals surface area contributed by atoms with Gasteiger partial charge in [-0.2, -0.15) is 0 Å². The largest absolute Gasteiger partial charge is 0.464 e. The van der Waals surface area contributed by atoms with Crippen molar-refractivity contribution in [2.24, 2.45) is 0 Å². The average Bonchev–Trinajstić information content (AvgIpc) is 2.84. The summed E-state index contributed by atoms with van der Waals surface area (Å²) in [4.78, 5) is 13.9. The van der Waals surface area contributed by atoms with Crippen LogP contribution in [-0.2, 0) is 17.9 Å².